The van der Waals surface area contributed by atoms with Crippen LogP contribution in [0.4, 0.5) is 5.69 Å². The van der Waals surface area contributed by atoms with Crippen molar-refractivity contribution in [3.05, 3.63) is 29.3 Å². The average molecular weight is 416 g/mol. The summed E-state index contributed by atoms with van der Waals surface area (Å²) >= 11 is 0. The number of halogens is 1. The van der Waals surface area contributed by atoms with Gasteiger partial charge in [-0.15, -0.1) is 24.0 Å². The van der Waals surface area contributed by atoms with Gasteiger partial charge in [0.05, 0.1) is 0 Å². The molecular formula is C17H29IN4. The third-order valence-corrected chi connectivity index (χ3v) is 4.17. The molecule has 0 saturated heterocycles. The fourth-order valence-corrected chi connectivity index (χ4v) is 2.66. The van der Waals surface area contributed by atoms with Crippen molar-refractivity contribution in [2.24, 2.45) is 4.99 Å². The molecule has 2 rings (SSSR count). The van der Waals surface area contributed by atoms with Gasteiger partial charge in [0.25, 0.3) is 0 Å². The maximum absolute atomic E-state index is 4.28. The standard InChI is InChI=1S/C17H28N4.HI/c1-5-13(2)20-17(18-3)19-12-14-8-9-16-15(11-14)7-6-10-21(16)4;/h8-9,11,13H,5-7,10,12H2,1-4H3,(H2,18,19,20);1H. The van der Waals surface area contributed by atoms with Crippen LogP contribution < -0.4 is 15.5 Å². The normalized spacial score (nSPS) is 15.6. The second-order valence-corrected chi connectivity index (χ2v) is 5.87. The van der Waals surface area contributed by atoms with E-state index in [-0.39, 0.29) is 24.0 Å². The lowest BCUT2D eigenvalue weighted by molar-refractivity contribution is 0.624. The van der Waals surface area contributed by atoms with Crippen molar-refractivity contribution in [2.45, 2.75) is 45.7 Å². The fraction of sp³-hybridized carbons (Fsp3) is 0.588. The van der Waals surface area contributed by atoms with Gasteiger partial charge in [0.2, 0.25) is 0 Å². The monoisotopic (exact) mass is 416 g/mol. The Morgan fingerprint density at radius 3 is 2.86 bits per heavy atom. The van der Waals surface area contributed by atoms with Gasteiger partial charge in [-0.1, -0.05) is 19.1 Å². The van der Waals surface area contributed by atoms with Crippen LogP contribution in [0, 0.1) is 0 Å². The zero-order valence-electron chi connectivity index (χ0n) is 14.1. The van der Waals surface area contributed by atoms with Crippen molar-refractivity contribution < 1.29 is 0 Å². The first-order valence-corrected chi connectivity index (χ1v) is 7.94. The van der Waals surface area contributed by atoms with Crippen molar-refractivity contribution >= 4 is 35.6 Å². The number of hydrogen-bond donors (Lipinski definition) is 2. The molecule has 1 aromatic rings. The number of fused-ring (bicyclic) bond motifs is 1. The Bertz CT molecular complexity index is 501. The van der Waals surface area contributed by atoms with Crippen LogP contribution in [-0.2, 0) is 13.0 Å². The van der Waals surface area contributed by atoms with Crippen molar-refractivity contribution in [2.75, 3.05) is 25.5 Å². The summed E-state index contributed by atoms with van der Waals surface area (Å²) in [4.78, 5) is 6.62. The highest BCUT2D eigenvalue weighted by atomic mass is 127. The van der Waals surface area contributed by atoms with E-state index in [9.17, 15) is 0 Å². The molecule has 1 heterocycles. The summed E-state index contributed by atoms with van der Waals surface area (Å²) in [6.07, 6.45) is 3.52. The van der Waals surface area contributed by atoms with E-state index in [0.717, 1.165) is 25.5 Å². The van der Waals surface area contributed by atoms with Crippen molar-refractivity contribution in [3.8, 4) is 0 Å². The molecule has 1 aliphatic rings. The van der Waals surface area contributed by atoms with Gasteiger partial charge in [0.15, 0.2) is 5.96 Å². The lowest BCUT2D eigenvalue weighted by Gasteiger charge is -2.28. The van der Waals surface area contributed by atoms with Crippen LogP contribution >= 0.6 is 24.0 Å². The third kappa shape index (κ3) is 5.04. The maximum Gasteiger partial charge on any atom is 0.191 e. The van der Waals surface area contributed by atoms with Crippen LogP contribution in [0.3, 0.4) is 0 Å². The molecule has 0 bridgehead atoms. The van der Waals surface area contributed by atoms with E-state index in [0.29, 0.717) is 6.04 Å². The average Bonchev–Trinajstić information content (AvgIpc) is 2.51. The number of aliphatic imine (C=N–C) groups is 1. The topological polar surface area (TPSA) is 39.7 Å². The van der Waals surface area contributed by atoms with Crippen LogP contribution in [0.1, 0.15) is 37.8 Å². The second kappa shape index (κ2) is 9.22. The summed E-state index contributed by atoms with van der Waals surface area (Å²) in [5.41, 5.74) is 4.16. The minimum atomic E-state index is 0. The van der Waals surface area contributed by atoms with E-state index < -0.39 is 0 Å². The molecular weight excluding hydrogens is 387 g/mol. The number of aryl methyl sites for hydroxylation is 1. The Balaban J connectivity index is 0.00000242. The zero-order valence-corrected chi connectivity index (χ0v) is 16.5. The second-order valence-electron chi connectivity index (χ2n) is 5.87. The predicted octanol–water partition coefficient (Wildman–Crippen LogP) is 3.15. The zero-order chi connectivity index (χ0) is 15.2. The van der Waals surface area contributed by atoms with Crippen molar-refractivity contribution in [1.82, 2.24) is 10.6 Å². The first kappa shape index (κ1) is 19.1. The smallest absolute Gasteiger partial charge is 0.191 e. The highest BCUT2D eigenvalue weighted by Gasteiger charge is 2.13. The van der Waals surface area contributed by atoms with Gasteiger partial charge in [-0.2, -0.15) is 0 Å². The quantitative estimate of drug-likeness (QED) is 0.450. The van der Waals surface area contributed by atoms with Gasteiger partial charge >= 0.3 is 0 Å². The third-order valence-electron chi connectivity index (χ3n) is 4.17. The minimum absolute atomic E-state index is 0. The van der Waals surface area contributed by atoms with Gasteiger partial charge in [-0.05, 0) is 43.4 Å². The molecule has 0 fully saturated rings. The molecule has 2 N–H and O–H groups in total. The molecule has 0 aliphatic carbocycles. The summed E-state index contributed by atoms with van der Waals surface area (Å²) in [6, 6.07) is 7.23. The Labute approximate surface area is 151 Å². The predicted molar refractivity (Wildman–Crippen MR) is 107 cm³/mol. The van der Waals surface area contributed by atoms with Gasteiger partial charge in [-0.3, -0.25) is 4.99 Å². The molecule has 0 amide bonds. The fourth-order valence-electron chi connectivity index (χ4n) is 2.66. The molecule has 0 aromatic heterocycles. The summed E-state index contributed by atoms with van der Waals surface area (Å²) in [5, 5.41) is 6.78. The van der Waals surface area contributed by atoms with Crippen LogP contribution in [0.2, 0.25) is 0 Å². The molecule has 22 heavy (non-hydrogen) atoms. The maximum atomic E-state index is 4.28. The Kier molecular flexibility index (Phi) is 8.00. The molecule has 0 saturated carbocycles. The molecule has 5 heteroatoms. The lowest BCUT2D eigenvalue weighted by Crippen LogP contribution is -2.41. The van der Waals surface area contributed by atoms with E-state index >= 15 is 0 Å². The van der Waals surface area contributed by atoms with Gasteiger partial charge in [0.1, 0.15) is 0 Å². The summed E-state index contributed by atoms with van der Waals surface area (Å²) < 4.78 is 0. The summed E-state index contributed by atoms with van der Waals surface area (Å²) in [7, 11) is 3.99. The Hall–Kier alpha value is -0.980. The van der Waals surface area contributed by atoms with Gasteiger partial charge in [0, 0.05) is 38.9 Å². The molecule has 0 spiro atoms. The van der Waals surface area contributed by atoms with E-state index in [1.165, 1.54) is 29.7 Å². The van der Waals surface area contributed by atoms with E-state index in [1.807, 2.05) is 7.05 Å². The number of guanidine groups is 1. The Morgan fingerprint density at radius 1 is 1.41 bits per heavy atom. The number of hydrogen-bond acceptors (Lipinski definition) is 2. The molecule has 1 aromatic carbocycles. The van der Waals surface area contributed by atoms with E-state index in [2.05, 4.69) is 59.6 Å². The van der Waals surface area contributed by atoms with Crippen LogP contribution in [0.5, 0.6) is 0 Å². The highest BCUT2D eigenvalue weighted by Crippen LogP contribution is 2.26. The van der Waals surface area contributed by atoms with Crippen molar-refractivity contribution in [3.63, 3.8) is 0 Å². The van der Waals surface area contributed by atoms with E-state index in [1.54, 1.807) is 0 Å². The van der Waals surface area contributed by atoms with Crippen molar-refractivity contribution in [1.29, 1.82) is 0 Å². The van der Waals surface area contributed by atoms with Gasteiger partial charge in [-0.25, -0.2) is 0 Å². The number of rotatable bonds is 4. The molecule has 0 radical (unpaired) electrons. The summed E-state index contributed by atoms with van der Waals surface area (Å²) in [6.45, 7) is 6.32. The molecule has 1 atom stereocenters. The Morgan fingerprint density at radius 2 is 2.18 bits per heavy atom. The lowest BCUT2D eigenvalue weighted by atomic mass is 9.99. The molecule has 1 unspecified atom stereocenters. The molecule has 124 valence electrons. The number of anilines is 1. The van der Waals surface area contributed by atoms with Crippen LogP contribution in [0.15, 0.2) is 23.2 Å². The number of nitrogens with zero attached hydrogens (tertiary/aromatic N) is 2. The summed E-state index contributed by atoms with van der Waals surface area (Å²) in [5.74, 6) is 0.874. The van der Waals surface area contributed by atoms with E-state index in [4.69, 9.17) is 0 Å². The molecule has 4 nitrogen and oxygen atoms in total. The number of benzene rings is 1. The largest absolute Gasteiger partial charge is 0.374 e. The molecule has 1 aliphatic heterocycles. The van der Waals surface area contributed by atoms with Gasteiger partial charge < -0.3 is 15.5 Å². The van der Waals surface area contributed by atoms with Crippen LogP contribution in [0.25, 0.3) is 0 Å². The highest BCUT2D eigenvalue weighted by molar-refractivity contribution is 14.0. The minimum Gasteiger partial charge on any atom is -0.374 e. The SMILES string of the molecule is CCC(C)NC(=NC)NCc1ccc2c(c1)CCCN2C.I. The number of nitrogens with one attached hydrogen (secondary N) is 2. The van der Waals surface area contributed by atoms with Crippen LogP contribution in [-0.4, -0.2) is 32.6 Å². The first-order valence-electron chi connectivity index (χ1n) is 7.94. The first-order chi connectivity index (χ1) is 10.1.